The zero-order chi connectivity index (χ0) is 33.0. The topological polar surface area (TPSA) is 120 Å². The highest BCUT2D eigenvalue weighted by atomic mass is 16.6. The van der Waals surface area contributed by atoms with Crippen LogP contribution in [0.5, 0.6) is 0 Å². The molecule has 2 atom stereocenters. The Hall–Kier alpha value is -4.96. The van der Waals surface area contributed by atoms with Crippen molar-refractivity contribution in [1.82, 2.24) is 24.8 Å². The van der Waals surface area contributed by atoms with Crippen molar-refractivity contribution in [2.75, 3.05) is 36.9 Å². The largest absolute Gasteiger partial charge is 0.444 e. The number of nitrogens with two attached hydrogens (primary N) is 1. The fourth-order valence-corrected chi connectivity index (χ4v) is 7.35. The van der Waals surface area contributed by atoms with E-state index in [1.54, 1.807) is 6.20 Å². The summed E-state index contributed by atoms with van der Waals surface area (Å²) in [5.41, 5.74) is 12.6. The number of ether oxygens (including phenoxy) is 2. The standard InChI is InChI=1S/C38H41N7O3/c1-37(2,3)48-36(46)43-38(16-6-17-38)27-10-12-28(13-11-27)45-34(30-9-5-18-40-33(30)39)42-32-15-14-31(41-35(32)45)24-7-4-8-29(19-24)44-20-25-22-47-23-26(25)21-44/h4-5,7-15,18-19,25-26H,6,16-17,20-23H2,1-3H3,(H2,39,40)(H,43,46). The molecule has 10 nitrogen and oxygen atoms in total. The average molecular weight is 644 g/mol. The lowest BCUT2D eigenvalue weighted by molar-refractivity contribution is 0.0377. The van der Waals surface area contributed by atoms with Crippen LogP contribution in [-0.2, 0) is 15.0 Å². The lowest BCUT2D eigenvalue weighted by atomic mass is 9.72. The van der Waals surface area contributed by atoms with Crippen LogP contribution in [0.4, 0.5) is 16.3 Å². The lowest BCUT2D eigenvalue weighted by Gasteiger charge is -2.43. The number of hydrogen-bond acceptors (Lipinski definition) is 8. The van der Waals surface area contributed by atoms with Gasteiger partial charge in [-0.2, -0.15) is 0 Å². The number of amides is 1. The highest BCUT2D eigenvalue weighted by molar-refractivity contribution is 5.85. The van der Waals surface area contributed by atoms with Crippen molar-refractivity contribution >= 4 is 28.8 Å². The minimum atomic E-state index is -0.568. The lowest BCUT2D eigenvalue weighted by Crippen LogP contribution is -2.52. The number of imidazole rings is 1. The Labute approximate surface area is 280 Å². The van der Waals surface area contributed by atoms with E-state index in [0.29, 0.717) is 23.5 Å². The zero-order valence-corrected chi connectivity index (χ0v) is 27.6. The Morgan fingerprint density at radius 3 is 2.42 bits per heavy atom. The highest BCUT2D eigenvalue weighted by Gasteiger charge is 2.41. The van der Waals surface area contributed by atoms with E-state index in [9.17, 15) is 4.79 Å². The summed E-state index contributed by atoms with van der Waals surface area (Å²) in [5.74, 6) is 2.27. The molecule has 3 N–H and O–H groups in total. The van der Waals surface area contributed by atoms with Gasteiger partial charge in [0.25, 0.3) is 0 Å². The van der Waals surface area contributed by atoms with Gasteiger partial charge in [0.15, 0.2) is 11.5 Å². The number of nitrogen functional groups attached to an aromatic ring is 1. The van der Waals surface area contributed by atoms with E-state index in [2.05, 4.69) is 68.3 Å². The van der Waals surface area contributed by atoms with Gasteiger partial charge in [0.05, 0.1) is 30.0 Å². The van der Waals surface area contributed by atoms with Crippen molar-refractivity contribution < 1.29 is 14.3 Å². The van der Waals surface area contributed by atoms with Crippen molar-refractivity contribution in [3.63, 3.8) is 0 Å². The maximum Gasteiger partial charge on any atom is 0.408 e. The van der Waals surface area contributed by atoms with Gasteiger partial charge in [0.1, 0.15) is 16.9 Å². The molecule has 1 aliphatic carbocycles. The maximum absolute atomic E-state index is 12.8. The van der Waals surface area contributed by atoms with Gasteiger partial charge in [-0.25, -0.2) is 19.7 Å². The monoisotopic (exact) mass is 643 g/mol. The summed E-state index contributed by atoms with van der Waals surface area (Å²) in [4.78, 5) is 29.9. The summed E-state index contributed by atoms with van der Waals surface area (Å²) in [6, 6.07) is 24.8. The molecule has 1 amide bonds. The molecule has 0 radical (unpaired) electrons. The second-order valence-corrected chi connectivity index (χ2v) is 14.4. The van der Waals surface area contributed by atoms with Crippen molar-refractivity contribution in [1.29, 1.82) is 0 Å². The Morgan fingerprint density at radius 1 is 0.958 bits per heavy atom. The second-order valence-electron chi connectivity index (χ2n) is 14.4. The molecule has 246 valence electrons. The van der Waals surface area contributed by atoms with E-state index in [1.165, 1.54) is 5.69 Å². The molecule has 5 heterocycles. The molecule has 2 aliphatic heterocycles. The minimum absolute atomic E-state index is 0.398. The second kappa shape index (κ2) is 11.6. The summed E-state index contributed by atoms with van der Waals surface area (Å²) in [7, 11) is 0. The van der Waals surface area contributed by atoms with Gasteiger partial charge in [0.2, 0.25) is 0 Å². The molecule has 3 fully saturated rings. The molecule has 2 saturated heterocycles. The Kier molecular flexibility index (Phi) is 7.36. The van der Waals surface area contributed by atoms with E-state index in [1.807, 2.05) is 45.0 Å². The first-order valence-corrected chi connectivity index (χ1v) is 16.8. The van der Waals surface area contributed by atoms with Crippen LogP contribution < -0.4 is 16.0 Å². The number of nitrogens with zero attached hydrogens (tertiary/aromatic N) is 5. The van der Waals surface area contributed by atoms with Crippen molar-refractivity contribution in [2.24, 2.45) is 11.8 Å². The van der Waals surface area contributed by atoms with E-state index < -0.39 is 17.2 Å². The van der Waals surface area contributed by atoms with Gasteiger partial charge in [-0.15, -0.1) is 0 Å². The number of anilines is 2. The number of carbonyl (C=O) groups excluding carboxylic acids is 1. The number of aromatic nitrogens is 4. The molecular weight excluding hydrogens is 602 g/mol. The fourth-order valence-electron chi connectivity index (χ4n) is 7.35. The van der Waals surface area contributed by atoms with E-state index in [-0.39, 0.29) is 0 Å². The average Bonchev–Trinajstić information content (AvgIpc) is 3.76. The maximum atomic E-state index is 12.8. The van der Waals surface area contributed by atoms with Gasteiger partial charge < -0.3 is 25.4 Å². The molecule has 5 aromatic rings. The van der Waals surface area contributed by atoms with E-state index in [0.717, 1.165) is 84.8 Å². The first-order chi connectivity index (χ1) is 23.2. The number of hydrogen-bond donors (Lipinski definition) is 2. The first-order valence-electron chi connectivity index (χ1n) is 16.8. The smallest absolute Gasteiger partial charge is 0.408 e. The summed E-state index contributed by atoms with van der Waals surface area (Å²) >= 11 is 0. The van der Waals surface area contributed by atoms with Crippen LogP contribution in [0, 0.1) is 11.8 Å². The zero-order valence-electron chi connectivity index (χ0n) is 27.6. The van der Waals surface area contributed by atoms with Crippen LogP contribution >= 0.6 is 0 Å². The van der Waals surface area contributed by atoms with Crippen LogP contribution in [0.25, 0.3) is 39.5 Å². The van der Waals surface area contributed by atoms with E-state index >= 15 is 0 Å². The van der Waals surface area contributed by atoms with Crippen molar-refractivity contribution in [3.8, 4) is 28.3 Å². The number of rotatable bonds is 6. The van der Waals surface area contributed by atoms with Crippen LogP contribution in [0.15, 0.2) is 79.0 Å². The third-order valence-corrected chi connectivity index (χ3v) is 9.96. The number of fused-ring (bicyclic) bond motifs is 2. The van der Waals surface area contributed by atoms with Gasteiger partial charge in [-0.05, 0) is 94.1 Å². The van der Waals surface area contributed by atoms with Gasteiger partial charge in [-0.1, -0.05) is 24.3 Å². The number of benzene rings is 2. The first kappa shape index (κ1) is 30.4. The van der Waals surface area contributed by atoms with Crippen LogP contribution in [-0.4, -0.2) is 57.5 Å². The Bertz CT molecular complexity index is 1980. The molecule has 10 heteroatoms. The minimum Gasteiger partial charge on any atom is -0.444 e. The summed E-state index contributed by atoms with van der Waals surface area (Å²) in [6.07, 6.45) is 4.03. The molecule has 48 heavy (non-hydrogen) atoms. The van der Waals surface area contributed by atoms with Crippen molar-refractivity contribution in [2.45, 2.75) is 51.2 Å². The van der Waals surface area contributed by atoms with Gasteiger partial charge in [-0.3, -0.25) is 4.57 Å². The fraction of sp³-hybridized carbons (Fsp3) is 0.368. The Morgan fingerprint density at radius 2 is 1.73 bits per heavy atom. The Balaban J connectivity index is 1.17. The van der Waals surface area contributed by atoms with Gasteiger partial charge in [0, 0.05) is 48.1 Å². The summed E-state index contributed by atoms with van der Waals surface area (Å²) < 4.78 is 13.4. The number of carbonyl (C=O) groups is 1. The highest BCUT2D eigenvalue weighted by Crippen LogP contribution is 2.42. The molecular formula is C38H41N7O3. The van der Waals surface area contributed by atoms with E-state index in [4.69, 9.17) is 25.2 Å². The van der Waals surface area contributed by atoms with Gasteiger partial charge >= 0.3 is 6.09 Å². The molecule has 3 aromatic heterocycles. The predicted octanol–water partition coefficient (Wildman–Crippen LogP) is 6.72. The SMILES string of the molecule is CC(C)(C)OC(=O)NC1(c2ccc(-n3c(-c4cccnc4N)nc4ccc(-c5cccc(N6CC7COCC7C6)c5)nc43)cc2)CCC1. The van der Waals surface area contributed by atoms with Crippen LogP contribution in [0.3, 0.4) is 0 Å². The molecule has 0 bridgehead atoms. The number of alkyl carbamates (subject to hydrolysis) is 1. The quantitative estimate of drug-likeness (QED) is 0.209. The summed E-state index contributed by atoms with van der Waals surface area (Å²) in [6.45, 7) is 9.38. The van der Waals surface area contributed by atoms with Crippen LogP contribution in [0.1, 0.15) is 45.6 Å². The normalized spacial score (nSPS) is 20.0. The molecule has 8 rings (SSSR count). The predicted molar refractivity (Wildman–Crippen MR) is 187 cm³/mol. The summed E-state index contributed by atoms with van der Waals surface area (Å²) in [5, 5.41) is 3.17. The van der Waals surface area contributed by atoms with Crippen LogP contribution in [0.2, 0.25) is 0 Å². The molecule has 2 aromatic carbocycles. The third-order valence-electron chi connectivity index (χ3n) is 9.96. The van der Waals surface area contributed by atoms with Crippen molar-refractivity contribution in [3.05, 3.63) is 84.6 Å². The molecule has 3 aliphatic rings. The number of nitrogens with one attached hydrogen (secondary N) is 1. The third kappa shape index (κ3) is 5.53. The number of pyridine rings is 2. The molecule has 1 saturated carbocycles. The molecule has 0 spiro atoms. The molecule has 2 unspecified atom stereocenters.